The molecule has 0 aliphatic heterocycles. The van der Waals surface area contributed by atoms with E-state index in [0.717, 1.165) is 0 Å². The van der Waals surface area contributed by atoms with Crippen LogP contribution in [0.25, 0.3) is 0 Å². The molecular weight excluding hydrogens is 142 g/mol. The molecule has 0 aliphatic carbocycles. The van der Waals surface area contributed by atoms with Gasteiger partial charge in [-0.2, -0.15) is 0 Å². The van der Waals surface area contributed by atoms with Gasteiger partial charge in [-0.3, -0.25) is 4.79 Å². The highest BCUT2D eigenvalue weighted by Gasteiger charge is 2.05. The van der Waals surface area contributed by atoms with Crippen LogP contribution in [0.2, 0.25) is 0 Å². The predicted octanol–water partition coefficient (Wildman–Crippen LogP) is 0.161. The third-order valence-electron chi connectivity index (χ3n) is 1.26. The highest BCUT2D eigenvalue weighted by atomic mass is 16.5. The summed E-state index contributed by atoms with van der Waals surface area (Å²) in [7, 11) is 1.57. The Kier molecular flexibility index (Phi) is 5.22. The van der Waals surface area contributed by atoms with Gasteiger partial charge in [0.15, 0.2) is 0 Å². The summed E-state index contributed by atoms with van der Waals surface area (Å²) in [5.41, 5.74) is 0. The van der Waals surface area contributed by atoms with Crippen LogP contribution in [0.4, 0.5) is 0 Å². The van der Waals surface area contributed by atoms with Gasteiger partial charge in [-0.05, 0) is 6.92 Å². The third kappa shape index (κ3) is 5.43. The van der Waals surface area contributed by atoms with E-state index in [-0.39, 0.29) is 18.6 Å². The lowest BCUT2D eigenvalue weighted by Gasteiger charge is -2.07. The average Bonchev–Trinajstić information content (AvgIpc) is 2.00. The zero-order valence-electron chi connectivity index (χ0n) is 6.89. The van der Waals surface area contributed by atoms with Gasteiger partial charge in [-0.25, -0.2) is 0 Å². The fourth-order valence-electron chi connectivity index (χ4n) is 0.566. The first-order chi connectivity index (χ1) is 5.20. The number of amides is 1. The molecule has 0 aromatic rings. The van der Waals surface area contributed by atoms with Gasteiger partial charge in [0.1, 0.15) is 0 Å². The van der Waals surface area contributed by atoms with Crippen LogP contribution in [0.3, 0.4) is 0 Å². The smallest absolute Gasteiger partial charge is 0.223 e. The van der Waals surface area contributed by atoms with Crippen LogP contribution in [0.5, 0.6) is 0 Å². The minimum Gasteiger partial charge on any atom is -0.381 e. The molecule has 0 heterocycles. The Bertz CT molecular complexity index is 160. The molecule has 1 N–H and O–H groups in total. The number of terminal acetylenes is 1. The van der Waals surface area contributed by atoms with E-state index in [1.807, 2.05) is 6.92 Å². The van der Waals surface area contributed by atoms with Gasteiger partial charge in [0.2, 0.25) is 5.91 Å². The summed E-state index contributed by atoms with van der Waals surface area (Å²) >= 11 is 0. The molecule has 3 heteroatoms. The van der Waals surface area contributed by atoms with Crippen molar-refractivity contribution in [2.75, 3.05) is 13.7 Å². The van der Waals surface area contributed by atoms with E-state index < -0.39 is 0 Å². The van der Waals surface area contributed by atoms with E-state index in [2.05, 4.69) is 11.2 Å². The zero-order valence-corrected chi connectivity index (χ0v) is 6.89. The van der Waals surface area contributed by atoms with Crippen molar-refractivity contribution in [1.82, 2.24) is 5.32 Å². The van der Waals surface area contributed by atoms with Crippen LogP contribution >= 0.6 is 0 Å². The topological polar surface area (TPSA) is 38.3 Å². The Morgan fingerprint density at radius 1 is 1.82 bits per heavy atom. The average molecular weight is 155 g/mol. The molecule has 0 saturated carbocycles. The van der Waals surface area contributed by atoms with Gasteiger partial charge < -0.3 is 10.1 Å². The lowest BCUT2D eigenvalue weighted by Crippen LogP contribution is -2.27. The van der Waals surface area contributed by atoms with Crippen LogP contribution < -0.4 is 5.32 Å². The fraction of sp³-hybridized carbons (Fsp3) is 0.625. The number of rotatable bonds is 4. The van der Waals surface area contributed by atoms with E-state index in [1.54, 1.807) is 7.11 Å². The second kappa shape index (κ2) is 5.75. The van der Waals surface area contributed by atoms with E-state index >= 15 is 0 Å². The van der Waals surface area contributed by atoms with Gasteiger partial charge >= 0.3 is 0 Å². The van der Waals surface area contributed by atoms with Crippen molar-refractivity contribution in [3.8, 4) is 12.3 Å². The SMILES string of the molecule is C#CCNC(=O)CC(C)OC. The number of nitrogens with one attached hydrogen (secondary N) is 1. The number of methoxy groups -OCH3 is 1. The molecular formula is C8H13NO2. The van der Waals surface area contributed by atoms with E-state index in [9.17, 15) is 4.79 Å². The monoisotopic (exact) mass is 155 g/mol. The summed E-state index contributed by atoms with van der Waals surface area (Å²) in [4.78, 5) is 10.9. The van der Waals surface area contributed by atoms with Gasteiger partial charge in [-0.15, -0.1) is 6.42 Å². The van der Waals surface area contributed by atoms with Gasteiger partial charge in [0.05, 0.1) is 19.1 Å². The molecule has 62 valence electrons. The summed E-state index contributed by atoms with van der Waals surface area (Å²) < 4.78 is 4.89. The van der Waals surface area contributed by atoms with Crippen LogP contribution in [0, 0.1) is 12.3 Å². The van der Waals surface area contributed by atoms with Crippen LogP contribution in [0.15, 0.2) is 0 Å². The van der Waals surface area contributed by atoms with Gasteiger partial charge in [-0.1, -0.05) is 5.92 Å². The maximum atomic E-state index is 10.9. The molecule has 0 aliphatic rings. The molecule has 0 aromatic carbocycles. The number of ether oxygens (including phenoxy) is 1. The summed E-state index contributed by atoms with van der Waals surface area (Å²) in [5.74, 6) is 2.25. The molecule has 1 unspecified atom stereocenters. The Morgan fingerprint density at radius 3 is 2.91 bits per heavy atom. The predicted molar refractivity (Wildman–Crippen MR) is 42.9 cm³/mol. The minimum absolute atomic E-state index is 0.0484. The Hall–Kier alpha value is -1.01. The Balaban J connectivity index is 3.45. The van der Waals surface area contributed by atoms with Crippen molar-refractivity contribution >= 4 is 5.91 Å². The van der Waals surface area contributed by atoms with E-state index in [0.29, 0.717) is 6.42 Å². The minimum atomic E-state index is -0.0719. The third-order valence-corrected chi connectivity index (χ3v) is 1.26. The van der Waals surface area contributed by atoms with Crippen molar-refractivity contribution in [3.05, 3.63) is 0 Å². The molecule has 0 spiro atoms. The molecule has 0 aromatic heterocycles. The Morgan fingerprint density at radius 2 is 2.45 bits per heavy atom. The number of carbonyl (C=O) groups is 1. The first-order valence-electron chi connectivity index (χ1n) is 3.43. The van der Waals surface area contributed by atoms with Crippen molar-refractivity contribution < 1.29 is 9.53 Å². The highest BCUT2D eigenvalue weighted by Crippen LogP contribution is 1.93. The molecule has 0 fully saturated rings. The standard InChI is InChI=1S/C8H13NO2/c1-4-5-9-8(10)6-7(2)11-3/h1,7H,5-6H2,2-3H3,(H,9,10). The summed E-state index contributed by atoms with van der Waals surface area (Å²) in [5, 5.41) is 2.54. The second-order valence-corrected chi connectivity index (χ2v) is 2.23. The largest absolute Gasteiger partial charge is 0.381 e. The summed E-state index contributed by atoms with van der Waals surface area (Å²) in [6.07, 6.45) is 5.26. The second-order valence-electron chi connectivity index (χ2n) is 2.23. The quantitative estimate of drug-likeness (QED) is 0.587. The maximum Gasteiger partial charge on any atom is 0.223 e. The van der Waals surface area contributed by atoms with Crippen LogP contribution in [-0.2, 0) is 9.53 Å². The molecule has 0 saturated heterocycles. The highest BCUT2D eigenvalue weighted by molar-refractivity contribution is 5.76. The maximum absolute atomic E-state index is 10.9. The number of hydrogen-bond acceptors (Lipinski definition) is 2. The van der Waals surface area contributed by atoms with Crippen molar-refractivity contribution in [2.24, 2.45) is 0 Å². The summed E-state index contributed by atoms with van der Waals surface area (Å²) in [6, 6.07) is 0. The number of hydrogen-bond donors (Lipinski definition) is 1. The molecule has 11 heavy (non-hydrogen) atoms. The first-order valence-corrected chi connectivity index (χ1v) is 3.43. The number of carbonyl (C=O) groups excluding carboxylic acids is 1. The van der Waals surface area contributed by atoms with Crippen molar-refractivity contribution in [1.29, 1.82) is 0 Å². The van der Waals surface area contributed by atoms with E-state index in [4.69, 9.17) is 11.2 Å². The van der Waals surface area contributed by atoms with E-state index in [1.165, 1.54) is 0 Å². The molecule has 0 rings (SSSR count). The molecule has 1 amide bonds. The van der Waals surface area contributed by atoms with Gasteiger partial charge in [0.25, 0.3) is 0 Å². The van der Waals surface area contributed by atoms with Crippen molar-refractivity contribution in [2.45, 2.75) is 19.4 Å². The Labute approximate surface area is 67.1 Å². The lowest BCUT2D eigenvalue weighted by molar-refractivity contribution is -0.122. The van der Waals surface area contributed by atoms with Crippen LogP contribution in [0.1, 0.15) is 13.3 Å². The van der Waals surface area contributed by atoms with Gasteiger partial charge in [0, 0.05) is 7.11 Å². The van der Waals surface area contributed by atoms with Crippen molar-refractivity contribution in [3.63, 3.8) is 0 Å². The molecule has 0 radical (unpaired) electrons. The fourth-order valence-corrected chi connectivity index (χ4v) is 0.566. The molecule has 1 atom stereocenters. The molecule has 0 bridgehead atoms. The molecule has 3 nitrogen and oxygen atoms in total. The lowest BCUT2D eigenvalue weighted by atomic mass is 10.3. The summed E-state index contributed by atoms with van der Waals surface area (Å²) in [6.45, 7) is 2.12. The van der Waals surface area contributed by atoms with Crippen LogP contribution in [-0.4, -0.2) is 25.7 Å². The zero-order chi connectivity index (χ0) is 8.69. The normalized spacial score (nSPS) is 11.7. The first kappa shape index (κ1) is 9.99.